The average Bonchev–Trinajstić information content (AvgIpc) is 2.84. The highest BCUT2D eigenvalue weighted by Gasteiger charge is 2.47. The molecule has 0 radical (unpaired) electrons. The van der Waals surface area contributed by atoms with E-state index >= 15 is 0 Å². The topological polar surface area (TPSA) is 50.4 Å². The third kappa shape index (κ3) is 13.4. The predicted octanol–water partition coefficient (Wildman–Crippen LogP) is 9.31. The number of hydrogen-bond donors (Lipinski definition) is 2. The molecule has 1 rings (SSSR count). The Kier molecular flexibility index (Phi) is 17.0. The molecule has 0 aromatic carbocycles. The second-order valence-electron chi connectivity index (χ2n) is 12.0. The van der Waals surface area contributed by atoms with Gasteiger partial charge >= 0.3 is 6.09 Å². The Morgan fingerprint density at radius 3 is 1.66 bits per heavy atom. The van der Waals surface area contributed by atoms with Crippen LogP contribution in [0.5, 0.6) is 0 Å². The largest absolute Gasteiger partial charge is 0.446 e. The van der Waals surface area contributed by atoms with E-state index in [1.54, 1.807) is 0 Å². The first-order valence-corrected chi connectivity index (χ1v) is 15.5. The lowest BCUT2D eigenvalue weighted by Gasteiger charge is -2.52. The Balaban J connectivity index is 2.01. The molecular weight excluding hydrogens is 432 g/mol. The molecule has 4 heteroatoms. The van der Waals surface area contributed by atoms with Crippen LogP contribution < -0.4 is 10.6 Å². The summed E-state index contributed by atoms with van der Waals surface area (Å²) in [7, 11) is 0. The van der Waals surface area contributed by atoms with Crippen molar-refractivity contribution in [2.45, 2.75) is 181 Å². The number of carbonyl (C=O) groups is 1. The number of ether oxygens (including phenoxy) is 1. The summed E-state index contributed by atoms with van der Waals surface area (Å²) in [6.45, 7) is 14.2. The van der Waals surface area contributed by atoms with E-state index < -0.39 is 0 Å². The Bertz CT molecular complexity index is 540. The van der Waals surface area contributed by atoms with E-state index in [0.717, 1.165) is 32.2 Å². The van der Waals surface area contributed by atoms with Crippen molar-refractivity contribution in [1.82, 2.24) is 10.6 Å². The molecule has 4 atom stereocenters. The maximum atomic E-state index is 12.5. The van der Waals surface area contributed by atoms with Gasteiger partial charge in [-0.25, -0.2) is 4.79 Å². The zero-order chi connectivity index (χ0) is 26.0. The molecule has 0 aromatic heterocycles. The van der Waals surface area contributed by atoms with E-state index in [4.69, 9.17) is 4.74 Å². The summed E-state index contributed by atoms with van der Waals surface area (Å²) in [5.74, 6) is 0.299. The summed E-state index contributed by atoms with van der Waals surface area (Å²) in [6.07, 6.45) is 24.5. The number of nitrogens with one attached hydrogen (secondary N) is 2. The van der Waals surface area contributed by atoms with Gasteiger partial charge in [-0.05, 0) is 33.1 Å². The van der Waals surface area contributed by atoms with Crippen LogP contribution in [0, 0.1) is 5.92 Å². The molecule has 0 spiro atoms. The number of carbonyl (C=O) groups excluding carboxylic acids is 1. The normalized spacial score (nSPS) is 26.6. The smallest absolute Gasteiger partial charge is 0.407 e. The highest BCUT2D eigenvalue weighted by molar-refractivity contribution is 5.67. The summed E-state index contributed by atoms with van der Waals surface area (Å²) < 4.78 is 5.94. The van der Waals surface area contributed by atoms with Crippen LogP contribution in [-0.2, 0) is 4.74 Å². The van der Waals surface area contributed by atoms with E-state index in [1.807, 2.05) is 0 Å². The molecule has 1 heterocycles. The molecule has 1 amide bonds. The summed E-state index contributed by atoms with van der Waals surface area (Å²) in [5, 5.41) is 6.86. The van der Waals surface area contributed by atoms with Gasteiger partial charge in [-0.2, -0.15) is 0 Å². The second kappa shape index (κ2) is 18.5. The lowest BCUT2D eigenvalue weighted by Crippen LogP contribution is -2.66. The molecule has 35 heavy (non-hydrogen) atoms. The van der Waals surface area contributed by atoms with Crippen molar-refractivity contribution >= 4 is 6.09 Å². The zero-order valence-electron chi connectivity index (χ0n) is 24.6. The van der Waals surface area contributed by atoms with E-state index in [0.29, 0.717) is 5.92 Å². The fraction of sp³-hybridized carbons (Fsp3) is 0.968. The number of alkyl carbamates (subject to hydrolysis) is 1. The zero-order valence-corrected chi connectivity index (χ0v) is 24.6. The van der Waals surface area contributed by atoms with Gasteiger partial charge in [0.1, 0.15) is 6.10 Å². The number of hydrogen-bond acceptors (Lipinski definition) is 3. The molecule has 208 valence electrons. The monoisotopic (exact) mass is 494 g/mol. The van der Waals surface area contributed by atoms with E-state index in [2.05, 4.69) is 52.2 Å². The fourth-order valence-electron chi connectivity index (χ4n) is 5.71. The van der Waals surface area contributed by atoms with Crippen LogP contribution in [0.25, 0.3) is 0 Å². The van der Waals surface area contributed by atoms with Gasteiger partial charge in [-0.15, -0.1) is 0 Å². The number of piperidine rings is 1. The van der Waals surface area contributed by atoms with Crippen molar-refractivity contribution in [1.29, 1.82) is 0 Å². The van der Waals surface area contributed by atoms with Crippen LogP contribution in [-0.4, -0.2) is 29.8 Å². The van der Waals surface area contributed by atoms with Crippen molar-refractivity contribution in [2.24, 2.45) is 5.92 Å². The number of rotatable bonds is 20. The van der Waals surface area contributed by atoms with Crippen molar-refractivity contribution in [3.05, 3.63) is 0 Å². The SMILES string of the molecule is CCCCCCCCCCCCCCCCCCNC(=O)OC1CC(C)(CC)NC(C)(CC)C1C. The third-order valence-electron chi connectivity index (χ3n) is 8.87. The molecule has 1 aliphatic rings. The van der Waals surface area contributed by atoms with Crippen LogP contribution in [0.3, 0.4) is 0 Å². The molecular formula is C31H62N2O2. The molecule has 4 nitrogen and oxygen atoms in total. The fourth-order valence-corrected chi connectivity index (χ4v) is 5.71. The molecule has 0 aromatic rings. The van der Waals surface area contributed by atoms with Gasteiger partial charge in [0.25, 0.3) is 0 Å². The molecule has 0 aliphatic carbocycles. The van der Waals surface area contributed by atoms with Crippen molar-refractivity contribution in [3.63, 3.8) is 0 Å². The predicted molar refractivity (Wildman–Crippen MR) is 152 cm³/mol. The molecule has 0 saturated carbocycles. The highest BCUT2D eigenvalue weighted by Crippen LogP contribution is 2.38. The first-order valence-electron chi connectivity index (χ1n) is 15.5. The molecule has 1 aliphatic heterocycles. The first kappa shape index (κ1) is 32.3. The van der Waals surface area contributed by atoms with Crippen LogP contribution in [0.1, 0.15) is 164 Å². The van der Waals surface area contributed by atoms with Crippen LogP contribution in [0.15, 0.2) is 0 Å². The Morgan fingerprint density at radius 2 is 1.23 bits per heavy atom. The van der Waals surface area contributed by atoms with Crippen molar-refractivity contribution in [3.8, 4) is 0 Å². The minimum absolute atomic E-state index is 0.00183. The van der Waals surface area contributed by atoms with Crippen LogP contribution in [0.4, 0.5) is 4.79 Å². The Morgan fingerprint density at radius 1 is 0.771 bits per heavy atom. The van der Waals surface area contributed by atoms with E-state index in [1.165, 1.54) is 96.3 Å². The Hall–Kier alpha value is -0.770. The average molecular weight is 495 g/mol. The third-order valence-corrected chi connectivity index (χ3v) is 8.87. The quantitative estimate of drug-likeness (QED) is 0.166. The molecule has 4 unspecified atom stereocenters. The van der Waals surface area contributed by atoms with Gasteiger partial charge in [0.15, 0.2) is 0 Å². The van der Waals surface area contributed by atoms with Gasteiger partial charge in [0, 0.05) is 30.0 Å². The van der Waals surface area contributed by atoms with Gasteiger partial charge in [0.2, 0.25) is 0 Å². The number of amides is 1. The van der Waals surface area contributed by atoms with E-state index in [9.17, 15) is 4.79 Å². The lowest BCUT2D eigenvalue weighted by molar-refractivity contribution is -0.0371. The standard InChI is InChI=1S/C31H62N2O2/c1-7-10-11-12-13-14-15-16-17-18-19-20-21-22-23-24-25-32-29(34)35-28-26-30(5,8-2)33-31(6,9-3)27(28)4/h27-28,33H,7-26H2,1-6H3,(H,32,34). The summed E-state index contributed by atoms with van der Waals surface area (Å²) in [4.78, 5) is 12.5. The minimum Gasteiger partial charge on any atom is -0.446 e. The Labute approximate surface area is 219 Å². The summed E-state index contributed by atoms with van der Waals surface area (Å²) in [6, 6.07) is 0. The van der Waals surface area contributed by atoms with E-state index in [-0.39, 0.29) is 23.3 Å². The minimum atomic E-state index is -0.235. The van der Waals surface area contributed by atoms with Gasteiger partial charge < -0.3 is 15.4 Å². The van der Waals surface area contributed by atoms with Crippen molar-refractivity contribution < 1.29 is 9.53 Å². The molecule has 2 N–H and O–H groups in total. The lowest BCUT2D eigenvalue weighted by atomic mass is 9.70. The van der Waals surface area contributed by atoms with Crippen LogP contribution >= 0.6 is 0 Å². The molecule has 0 bridgehead atoms. The van der Waals surface area contributed by atoms with Crippen LogP contribution in [0.2, 0.25) is 0 Å². The number of unbranched alkanes of at least 4 members (excludes halogenated alkanes) is 15. The molecule has 1 fully saturated rings. The molecule has 1 saturated heterocycles. The second-order valence-corrected chi connectivity index (χ2v) is 12.0. The van der Waals surface area contributed by atoms with Gasteiger partial charge in [0.05, 0.1) is 0 Å². The van der Waals surface area contributed by atoms with Crippen molar-refractivity contribution in [2.75, 3.05) is 6.54 Å². The summed E-state index contributed by atoms with van der Waals surface area (Å²) in [5.41, 5.74) is 0.0257. The highest BCUT2D eigenvalue weighted by atomic mass is 16.6. The summed E-state index contributed by atoms with van der Waals surface area (Å²) >= 11 is 0. The maximum Gasteiger partial charge on any atom is 0.407 e. The maximum absolute atomic E-state index is 12.5. The van der Waals surface area contributed by atoms with Gasteiger partial charge in [-0.3, -0.25) is 0 Å². The van der Waals surface area contributed by atoms with Gasteiger partial charge in [-0.1, -0.05) is 124 Å². The first-order chi connectivity index (χ1) is 16.8.